The average Bonchev–Trinajstić information content (AvgIpc) is 3.64. The highest BCUT2D eigenvalue weighted by atomic mass is 16.2. The van der Waals surface area contributed by atoms with Gasteiger partial charge in [-0.05, 0) is 90.0 Å². The lowest BCUT2D eigenvalue weighted by Crippen LogP contribution is -2.35. The van der Waals surface area contributed by atoms with Crippen LogP contribution in [0.15, 0.2) is 103 Å². The summed E-state index contributed by atoms with van der Waals surface area (Å²) in [5, 5.41) is 9.84. The molecule has 3 N–H and O–H groups in total. The highest BCUT2D eigenvalue weighted by Crippen LogP contribution is 2.63. The molecule has 2 amide bonds. The Labute approximate surface area is 235 Å². The van der Waals surface area contributed by atoms with Crippen molar-refractivity contribution in [1.82, 2.24) is 5.32 Å². The molecule has 5 atom stereocenters. The summed E-state index contributed by atoms with van der Waals surface area (Å²) < 4.78 is 0. The summed E-state index contributed by atoms with van der Waals surface area (Å²) in [6.07, 6.45) is 3.85. The number of fused-ring (bicyclic) bond motifs is 7. The zero-order chi connectivity index (χ0) is 27.1. The maximum Gasteiger partial charge on any atom is 0.255 e. The van der Waals surface area contributed by atoms with Crippen molar-refractivity contribution < 1.29 is 9.59 Å². The van der Waals surface area contributed by atoms with Gasteiger partial charge in [-0.15, -0.1) is 0 Å². The number of rotatable bonds is 6. The first-order valence-electron chi connectivity index (χ1n) is 14.3. The lowest BCUT2D eigenvalue weighted by molar-refractivity contribution is 0.0952. The van der Waals surface area contributed by atoms with Gasteiger partial charge in [-0.2, -0.15) is 0 Å². The maximum atomic E-state index is 13.5. The van der Waals surface area contributed by atoms with E-state index in [9.17, 15) is 9.59 Å². The predicted molar refractivity (Wildman–Crippen MR) is 158 cm³/mol. The zero-order valence-corrected chi connectivity index (χ0v) is 22.3. The molecule has 5 nitrogen and oxygen atoms in total. The molecule has 2 aliphatic carbocycles. The largest absolute Gasteiger partial charge is 0.378 e. The van der Waals surface area contributed by atoms with Crippen molar-refractivity contribution in [1.29, 1.82) is 0 Å². The van der Waals surface area contributed by atoms with Crippen LogP contribution in [0.2, 0.25) is 0 Å². The Balaban J connectivity index is 1.13. The van der Waals surface area contributed by atoms with Gasteiger partial charge in [0.15, 0.2) is 0 Å². The third-order valence-electron chi connectivity index (χ3n) is 9.22. The van der Waals surface area contributed by atoms with E-state index >= 15 is 0 Å². The second-order valence-corrected chi connectivity index (χ2v) is 11.4. The van der Waals surface area contributed by atoms with Gasteiger partial charge in [0, 0.05) is 17.8 Å². The number of hydrogen-bond donors (Lipinski definition) is 3. The molecule has 5 heteroatoms. The molecular weight excluding hydrogens is 494 g/mol. The van der Waals surface area contributed by atoms with Crippen LogP contribution < -0.4 is 16.0 Å². The molecule has 2 fully saturated rings. The van der Waals surface area contributed by atoms with Crippen LogP contribution in [0.25, 0.3) is 0 Å². The van der Waals surface area contributed by atoms with Crippen molar-refractivity contribution in [3.05, 3.63) is 131 Å². The molecule has 40 heavy (non-hydrogen) atoms. The molecule has 1 aliphatic heterocycles. The van der Waals surface area contributed by atoms with E-state index < -0.39 is 0 Å². The first-order valence-corrected chi connectivity index (χ1v) is 14.3. The Morgan fingerprint density at radius 1 is 0.775 bits per heavy atom. The fourth-order valence-corrected chi connectivity index (χ4v) is 7.48. The number of benzene rings is 4. The van der Waals surface area contributed by atoms with Crippen molar-refractivity contribution in [2.24, 2.45) is 17.8 Å². The third kappa shape index (κ3) is 4.45. The number of carbonyl (C=O) groups is 2. The number of nitrogens with one attached hydrogen (secondary N) is 3. The molecule has 0 spiro atoms. The molecule has 0 unspecified atom stereocenters. The lowest BCUT2D eigenvalue weighted by Gasteiger charge is -2.43. The molecule has 200 valence electrons. The zero-order valence-electron chi connectivity index (χ0n) is 22.3. The summed E-state index contributed by atoms with van der Waals surface area (Å²) in [6, 6.07) is 34.1. The molecule has 4 aromatic carbocycles. The number of hydrogen-bond acceptors (Lipinski definition) is 3. The molecule has 2 saturated carbocycles. The van der Waals surface area contributed by atoms with Gasteiger partial charge in [0.25, 0.3) is 11.8 Å². The van der Waals surface area contributed by atoms with Crippen LogP contribution in [-0.4, -0.2) is 11.8 Å². The average molecular weight is 528 g/mol. The van der Waals surface area contributed by atoms with Gasteiger partial charge < -0.3 is 16.0 Å². The van der Waals surface area contributed by atoms with Crippen LogP contribution in [0.3, 0.4) is 0 Å². The smallest absolute Gasteiger partial charge is 0.255 e. The standard InChI is InChI=1S/C35H33N3O2/c39-34(38-29-14-8-7-13-27(29)35(40)36-21-22-9-3-1-4-10-22)26-17-18-30-28(20-26)31-24-15-16-25(19-24)32(31)33(37-30)23-11-5-2-6-12-23/h1-14,17-18,20,24-25,31-33,37H,15-16,19,21H2,(H,36,40)(H,38,39)/t24-,25-,31-,32+,33+/m0/s1. The normalized spacial score (nSPS) is 23.9. The Morgan fingerprint density at radius 2 is 1.50 bits per heavy atom. The molecule has 3 aliphatic rings. The third-order valence-corrected chi connectivity index (χ3v) is 9.22. The van der Waals surface area contributed by atoms with Crippen LogP contribution in [-0.2, 0) is 6.54 Å². The van der Waals surface area contributed by atoms with Crippen LogP contribution in [0.5, 0.6) is 0 Å². The van der Waals surface area contributed by atoms with E-state index in [1.165, 1.54) is 30.4 Å². The predicted octanol–water partition coefficient (Wildman–Crippen LogP) is 7.17. The van der Waals surface area contributed by atoms with Crippen molar-refractivity contribution in [2.75, 3.05) is 10.6 Å². The van der Waals surface area contributed by atoms with E-state index in [0.717, 1.165) is 17.2 Å². The Kier molecular flexibility index (Phi) is 6.35. The van der Waals surface area contributed by atoms with Gasteiger partial charge in [-0.3, -0.25) is 9.59 Å². The Hall–Kier alpha value is -4.38. The summed E-state index contributed by atoms with van der Waals surface area (Å²) >= 11 is 0. The lowest BCUT2D eigenvalue weighted by atomic mass is 9.68. The van der Waals surface area contributed by atoms with Gasteiger partial charge in [-0.25, -0.2) is 0 Å². The first kappa shape index (κ1) is 24.6. The molecular formula is C35H33N3O2. The SMILES string of the molecule is O=C(Nc1ccccc1C(=O)NCc1ccccc1)c1ccc2c(c1)[C@@H]1[C@H]3CC[C@@H](C3)[C@H]1[C@@H](c1ccccc1)N2. The van der Waals surface area contributed by atoms with Gasteiger partial charge >= 0.3 is 0 Å². The second kappa shape index (κ2) is 10.3. The summed E-state index contributed by atoms with van der Waals surface area (Å²) in [5.41, 5.74) is 6.36. The molecule has 4 aromatic rings. The first-order chi connectivity index (χ1) is 19.7. The van der Waals surface area contributed by atoms with Gasteiger partial charge in [0.2, 0.25) is 0 Å². The monoisotopic (exact) mass is 527 g/mol. The summed E-state index contributed by atoms with van der Waals surface area (Å²) in [6.45, 7) is 0.425. The minimum absolute atomic E-state index is 0.198. The Morgan fingerprint density at radius 3 is 2.33 bits per heavy atom. The van der Waals surface area contributed by atoms with Gasteiger partial charge in [-0.1, -0.05) is 72.8 Å². The topological polar surface area (TPSA) is 70.2 Å². The molecule has 0 aromatic heterocycles. The van der Waals surface area contributed by atoms with Crippen molar-refractivity contribution in [3.63, 3.8) is 0 Å². The van der Waals surface area contributed by atoms with E-state index in [2.05, 4.69) is 58.4 Å². The van der Waals surface area contributed by atoms with Gasteiger partial charge in [0.05, 0.1) is 17.3 Å². The molecule has 2 bridgehead atoms. The summed E-state index contributed by atoms with van der Waals surface area (Å²) in [5.74, 6) is 1.99. The number of carbonyl (C=O) groups excluding carboxylic acids is 2. The quantitative estimate of drug-likeness (QED) is 0.249. The van der Waals surface area contributed by atoms with Crippen LogP contribution >= 0.6 is 0 Å². The Bertz CT molecular complexity index is 1550. The van der Waals surface area contributed by atoms with E-state index in [0.29, 0.717) is 47.2 Å². The highest BCUT2D eigenvalue weighted by Gasteiger charge is 2.53. The summed E-state index contributed by atoms with van der Waals surface area (Å²) in [4.78, 5) is 26.6. The summed E-state index contributed by atoms with van der Waals surface area (Å²) in [7, 11) is 0. The van der Waals surface area contributed by atoms with Gasteiger partial charge in [0.1, 0.15) is 0 Å². The molecule has 0 radical (unpaired) electrons. The van der Waals surface area contributed by atoms with E-state index in [1.54, 1.807) is 12.1 Å². The van der Waals surface area contributed by atoms with Crippen molar-refractivity contribution in [3.8, 4) is 0 Å². The molecule has 7 rings (SSSR count). The minimum Gasteiger partial charge on any atom is -0.378 e. The van der Waals surface area contributed by atoms with E-state index in [4.69, 9.17) is 0 Å². The number of amides is 2. The molecule has 0 saturated heterocycles. The number of para-hydroxylation sites is 1. The van der Waals surface area contributed by atoms with Crippen LogP contribution in [0.4, 0.5) is 11.4 Å². The van der Waals surface area contributed by atoms with E-state index in [-0.39, 0.29) is 11.8 Å². The fourth-order valence-electron chi connectivity index (χ4n) is 7.48. The fraction of sp³-hybridized carbons (Fsp3) is 0.257. The van der Waals surface area contributed by atoms with Crippen LogP contribution in [0.1, 0.15) is 68.6 Å². The highest BCUT2D eigenvalue weighted by molar-refractivity contribution is 6.09. The van der Waals surface area contributed by atoms with Crippen molar-refractivity contribution in [2.45, 2.75) is 37.8 Å². The van der Waals surface area contributed by atoms with Crippen molar-refractivity contribution >= 4 is 23.2 Å². The van der Waals surface area contributed by atoms with Crippen LogP contribution in [0, 0.1) is 17.8 Å². The number of anilines is 2. The maximum absolute atomic E-state index is 13.5. The minimum atomic E-state index is -0.217. The second-order valence-electron chi connectivity index (χ2n) is 11.4. The molecule has 1 heterocycles. The van der Waals surface area contributed by atoms with E-state index in [1.807, 2.05) is 48.5 Å².